The van der Waals surface area contributed by atoms with E-state index in [1.165, 1.54) is 22.5 Å². The highest BCUT2D eigenvalue weighted by atomic mass is 35.5. The zero-order valence-corrected chi connectivity index (χ0v) is 27.0. The van der Waals surface area contributed by atoms with E-state index < -0.39 is 45.4 Å². The van der Waals surface area contributed by atoms with Gasteiger partial charge in [0.15, 0.2) is 0 Å². The predicted octanol–water partition coefficient (Wildman–Crippen LogP) is 6.28. The SMILES string of the molecule is O=C1[C@@H](Cc2cnn[nH]2)O[C@H](c2cccc(Cl)c2)[C@@H](c2ccc(Cl)cc2)N1C(CN(c1ccccc1F)S(=O)(=O)C1CC1)C1CC1. The largest absolute Gasteiger partial charge is 0.358 e. The fraction of sp³-hybridized carbons (Fsp3) is 0.364. The van der Waals surface area contributed by atoms with Crippen molar-refractivity contribution >= 4 is 44.8 Å². The number of sulfonamides is 1. The number of hydrogen-bond donors (Lipinski definition) is 1. The van der Waals surface area contributed by atoms with E-state index in [2.05, 4.69) is 15.4 Å². The highest BCUT2D eigenvalue weighted by molar-refractivity contribution is 7.93. The van der Waals surface area contributed by atoms with Gasteiger partial charge in [-0.1, -0.05) is 64.8 Å². The summed E-state index contributed by atoms with van der Waals surface area (Å²) in [6.07, 6.45) is 2.72. The monoisotopic (exact) mass is 683 g/mol. The molecule has 46 heavy (non-hydrogen) atoms. The number of nitrogens with one attached hydrogen (secondary N) is 1. The van der Waals surface area contributed by atoms with E-state index >= 15 is 4.39 Å². The number of amides is 1. The maximum absolute atomic E-state index is 15.4. The van der Waals surface area contributed by atoms with E-state index in [1.807, 2.05) is 30.3 Å². The number of hydrogen-bond acceptors (Lipinski definition) is 6. The summed E-state index contributed by atoms with van der Waals surface area (Å²) in [4.78, 5) is 16.5. The second-order valence-corrected chi connectivity index (χ2v) is 15.2. The summed E-state index contributed by atoms with van der Waals surface area (Å²) in [6.45, 7) is -0.0964. The lowest BCUT2D eigenvalue weighted by Crippen LogP contribution is -2.59. The number of halogens is 3. The van der Waals surface area contributed by atoms with Crippen molar-refractivity contribution in [1.82, 2.24) is 20.3 Å². The summed E-state index contributed by atoms with van der Waals surface area (Å²) in [6, 6.07) is 19.2. The number of carbonyl (C=O) groups excluding carboxylic acids is 1. The number of aromatic nitrogens is 3. The third-order valence-corrected chi connectivity index (χ3v) is 11.7. The molecule has 4 atom stereocenters. The molecule has 7 rings (SSSR count). The van der Waals surface area contributed by atoms with E-state index in [9.17, 15) is 13.2 Å². The average Bonchev–Trinajstić information content (AvgIpc) is 3.98. The Labute approximate surface area is 276 Å². The molecule has 1 aromatic heterocycles. The number of ether oxygens (including phenoxy) is 1. The first kappa shape index (κ1) is 31.1. The van der Waals surface area contributed by atoms with E-state index in [4.69, 9.17) is 27.9 Å². The molecule has 0 radical (unpaired) electrons. The predicted molar refractivity (Wildman–Crippen MR) is 172 cm³/mol. The van der Waals surface area contributed by atoms with Crippen molar-refractivity contribution in [2.75, 3.05) is 10.8 Å². The molecule has 1 unspecified atom stereocenters. The summed E-state index contributed by atoms with van der Waals surface area (Å²) in [7, 11) is -3.91. The Balaban J connectivity index is 1.37. The number of aromatic amines is 1. The molecule has 3 fully saturated rings. The Kier molecular flexibility index (Phi) is 8.52. The van der Waals surface area contributed by atoms with Gasteiger partial charge in [0.1, 0.15) is 18.0 Å². The number of rotatable bonds is 11. The van der Waals surface area contributed by atoms with Gasteiger partial charge in [0.05, 0.1) is 41.5 Å². The highest BCUT2D eigenvalue weighted by Crippen LogP contribution is 2.49. The van der Waals surface area contributed by atoms with Crippen LogP contribution in [0.3, 0.4) is 0 Å². The van der Waals surface area contributed by atoms with Crippen molar-refractivity contribution < 1.29 is 22.3 Å². The Morgan fingerprint density at radius 2 is 1.74 bits per heavy atom. The second kappa shape index (κ2) is 12.6. The van der Waals surface area contributed by atoms with Gasteiger partial charge >= 0.3 is 0 Å². The van der Waals surface area contributed by atoms with Gasteiger partial charge in [-0.15, -0.1) is 5.10 Å². The summed E-state index contributed by atoms with van der Waals surface area (Å²) in [5.74, 6) is -0.942. The highest BCUT2D eigenvalue weighted by Gasteiger charge is 2.52. The fourth-order valence-corrected chi connectivity index (χ4v) is 8.58. The van der Waals surface area contributed by atoms with Crippen molar-refractivity contribution in [3.8, 4) is 0 Å². The minimum atomic E-state index is -3.91. The van der Waals surface area contributed by atoms with Crippen LogP contribution in [-0.2, 0) is 26.0 Å². The second-order valence-electron chi connectivity index (χ2n) is 12.2. The van der Waals surface area contributed by atoms with E-state index in [1.54, 1.807) is 35.4 Å². The molecule has 0 spiro atoms. The van der Waals surface area contributed by atoms with Gasteiger partial charge in [0.2, 0.25) is 10.0 Å². The molecule has 2 heterocycles. The zero-order chi connectivity index (χ0) is 32.0. The molecule has 1 aliphatic heterocycles. The number of nitrogens with zero attached hydrogens (tertiary/aromatic N) is 4. The third-order valence-electron chi connectivity index (χ3n) is 8.94. The van der Waals surface area contributed by atoms with Crippen molar-refractivity contribution in [2.45, 2.75) is 61.6 Å². The zero-order valence-electron chi connectivity index (χ0n) is 24.7. The number of carbonyl (C=O) groups is 1. The molecule has 2 saturated carbocycles. The van der Waals surface area contributed by atoms with Gasteiger partial charge in [-0.3, -0.25) is 14.2 Å². The van der Waals surface area contributed by atoms with Crippen molar-refractivity contribution in [1.29, 1.82) is 0 Å². The van der Waals surface area contributed by atoms with Gasteiger partial charge in [-0.05, 0) is 79.1 Å². The molecule has 1 N–H and O–H groups in total. The topological polar surface area (TPSA) is 108 Å². The molecule has 13 heteroatoms. The maximum Gasteiger partial charge on any atom is 0.253 e. The molecule has 3 aromatic carbocycles. The van der Waals surface area contributed by atoms with Crippen LogP contribution < -0.4 is 4.31 Å². The van der Waals surface area contributed by atoms with E-state index in [0.717, 1.165) is 24.0 Å². The van der Waals surface area contributed by atoms with E-state index in [0.29, 0.717) is 28.6 Å². The van der Waals surface area contributed by atoms with Crippen LogP contribution in [0.15, 0.2) is 79.0 Å². The number of H-pyrrole nitrogens is 1. The Morgan fingerprint density at radius 1 is 0.978 bits per heavy atom. The minimum Gasteiger partial charge on any atom is -0.358 e. The maximum atomic E-state index is 15.4. The third kappa shape index (κ3) is 6.25. The van der Waals surface area contributed by atoms with Crippen LogP contribution in [-0.4, -0.2) is 58.6 Å². The van der Waals surface area contributed by atoms with Gasteiger partial charge in [-0.2, -0.15) is 0 Å². The van der Waals surface area contributed by atoms with Crippen LogP contribution >= 0.6 is 23.2 Å². The number of anilines is 1. The molecule has 9 nitrogen and oxygen atoms in total. The normalized spacial score (nSPS) is 22.5. The molecule has 2 aliphatic carbocycles. The molecule has 1 amide bonds. The van der Waals surface area contributed by atoms with Crippen molar-refractivity contribution in [3.63, 3.8) is 0 Å². The van der Waals surface area contributed by atoms with Gasteiger partial charge in [0, 0.05) is 16.5 Å². The van der Waals surface area contributed by atoms with Gasteiger partial charge < -0.3 is 9.64 Å². The number of morpholine rings is 1. The average molecular weight is 685 g/mol. The quantitative estimate of drug-likeness (QED) is 0.199. The van der Waals surface area contributed by atoms with Crippen molar-refractivity contribution in [3.05, 3.63) is 112 Å². The van der Waals surface area contributed by atoms with Crippen LogP contribution in [0.1, 0.15) is 54.6 Å². The van der Waals surface area contributed by atoms with Crippen LogP contribution in [0.4, 0.5) is 10.1 Å². The minimum absolute atomic E-state index is 0.00462. The van der Waals surface area contributed by atoms with Crippen LogP contribution in [0, 0.1) is 11.7 Å². The summed E-state index contributed by atoms with van der Waals surface area (Å²) < 4.78 is 51.2. The Morgan fingerprint density at radius 3 is 2.39 bits per heavy atom. The summed E-state index contributed by atoms with van der Waals surface area (Å²) >= 11 is 12.8. The van der Waals surface area contributed by atoms with Gasteiger partial charge in [-0.25, -0.2) is 12.8 Å². The molecule has 240 valence electrons. The number of benzene rings is 3. The van der Waals surface area contributed by atoms with Crippen LogP contribution in [0.25, 0.3) is 0 Å². The molecule has 3 aliphatic rings. The molecular formula is C33H32Cl2FN5O4S. The summed E-state index contributed by atoms with van der Waals surface area (Å²) in [5.41, 5.74) is 2.11. The lowest BCUT2D eigenvalue weighted by atomic mass is 9.89. The number of para-hydroxylation sites is 1. The first-order valence-electron chi connectivity index (χ1n) is 15.3. The van der Waals surface area contributed by atoms with Crippen molar-refractivity contribution in [2.24, 2.45) is 5.92 Å². The smallest absolute Gasteiger partial charge is 0.253 e. The molecular weight excluding hydrogens is 652 g/mol. The standard InChI is InChI=1S/C33H32Cl2FN5O4S/c34-23-12-10-21(11-13-23)31-32(22-4-3-5-24(35)16-22)45-30(17-25-18-37-39-38-25)33(42)41(31)29(20-8-9-20)19-40(46(43,44)26-14-15-26)28-7-2-1-6-27(28)36/h1-7,10-13,16,18,20,26,29-32H,8-9,14-15,17,19H2,(H,37,38,39)/t29?,30-,31-,32-/m1/s1. The summed E-state index contributed by atoms with van der Waals surface area (Å²) in [5, 5.41) is 10.9. The first-order chi connectivity index (χ1) is 22.2. The molecule has 1 saturated heterocycles. The van der Waals surface area contributed by atoms with Crippen LogP contribution in [0.5, 0.6) is 0 Å². The lowest BCUT2D eigenvalue weighted by Gasteiger charge is -2.49. The lowest BCUT2D eigenvalue weighted by molar-refractivity contribution is -0.179. The Bertz CT molecular complexity index is 1820. The Hall–Kier alpha value is -3.51. The molecule has 0 bridgehead atoms. The van der Waals surface area contributed by atoms with Gasteiger partial charge in [0.25, 0.3) is 5.91 Å². The molecule has 4 aromatic rings. The van der Waals surface area contributed by atoms with E-state index in [-0.39, 0.29) is 30.5 Å². The first-order valence-corrected chi connectivity index (χ1v) is 17.6. The van der Waals surface area contributed by atoms with Crippen LogP contribution in [0.2, 0.25) is 10.0 Å². The fourth-order valence-electron chi connectivity index (χ4n) is 6.38.